The van der Waals surface area contributed by atoms with Gasteiger partial charge in [0.25, 0.3) is 0 Å². The molecule has 1 aromatic heterocycles. The van der Waals surface area contributed by atoms with Gasteiger partial charge in [-0.3, -0.25) is 0 Å². The fourth-order valence-corrected chi connectivity index (χ4v) is 1.38. The molecule has 1 aromatic carbocycles. The average Bonchev–Trinajstić information content (AvgIpc) is 2.30. The van der Waals surface area contributed by atoms with E-state index in [1.807, 2.05) is 6.07 Å². The van der Waals surface area contributed by atoms with Crippen molar-refractivity contribution in [2.75, 3.05) is 0 Å². The van der Waals surface area contributed by atoms with Gasteiger partial charge >= 0.3 is 0 Å². The molecule has 0 amide bonds. The van der Waals surface area contributed by atoms with E-state index in [0.29, 0.717) is 12.4 Å². The molecular formula is C12H13N3. The molecule has 15 heavy (non-hydrogen) atoms. The minimum absolute atomic E-state index is 0.375. The molecule has 3 heteroatoms. The van der Waals surface area contributed by atoms with Crippen molar-refractivity contribution in [1.82, 2.24) is 9.97 Å². The molecular weight excluding hydrogens is 186 g/mol. The zero-order valence-electron chi connectivity index (χ0n) is 8.64. The van der Waals surface area contributed by atoms with Gasteiger partial charge in [0.15, 0.2) is 0 Å². The normalized spacial score (nSPS) is 10.3. The molecule has 0 bridgehead atoms. The predicted octanol–water partition coefficient (Wildman–Crippen LogP) is 1.91. The Hall–Kier alpha value is -1.74. The fraction of sp³-hybridized carbons (Fsp3) is 0.167. The Morgan fingerprint density at radius 2 is 1.87 bits per heavy atom. The van der Waals surface area contributed by atoms with Gasteiger partial charge < -0.3 is 5.73 Å². The van der Waals surface area contributed by atoms with E-state index in [4.69, 9.17) is 5.73 Å². The molecule has 0 aliphatic rings. The molecule has 3 nitrogen and oxygen atoms in total. The van der Waals surface area contributed by atoms with Crippen LogP contribution in [0.15, 0.2) is 36.5 Å². The zero-order chi connectivity index (χ0) is 10.7. The van der Waals surface area contributed by atoms with Crippen molar-refractivity contribution < 1.29 is 0 Å². The molecule has 0 atom stereocenters. The lowest BCUT2D eigenvalue weighted by molar-refractivity contribution is 0.912. The maximum atomic E-state index is 5.50. The Labute approximate surface area is 89.0 Å². The quantitative estimate of drug-likeness (QED) is 0.803. The lowest BCUT2D eigenvalue weighted by atomic mass is 10.1. The highest BCUT2D eigenvalue weighted by Gasteiger charge is 2.00. The molecule has 1 heterocycles. The summed E-state index contributed by atoms with van der Waals surface area (Å²) in [6.45, 7) is 2.44. The van der Waals surface area contributed by atoms with Crippen molar-refractivity contribution in [1.29, 1.82) is 0 Å². The molecule has 0 saturated carbocycles. The minimum Gasteiger partial charge on any atom is -0.324 e. The van der Waals surface area contributed by atoms with Gasteiger partial charge in [-0.25, -0.2) is 9.97 Å². The number of benzene rings is 1. The van der Waals surface area contributed by atoms with Crippen LogP contribution in [0.1, 0.15) is 11.4 Å². The van der Waals surface area contributed by atoms with Crippen molar-refractivity contribution in [2.45, 2.75) is 13.5 Å². The van der Waals surface area contributed by atoms with Crippen LogP contribution < -0.4 is 5.73 Å². The summed E-state index contributed by atoms with van der Waals surface area (Å²) in [6, 6.07) is 10.1. The van der Waals surface area contributed by atoms with Crippen LogP contribution >= 0.6 is 0 Å². The molecule has 0 unspecified atom stereocenters. The number of hydrogen-bond donors (Lipinski definition) is 1. The van der Waals surface area contributed by atoms with E-state index in [1.165, 1.54) is 5.56 Å². The van der Waals surface area contributed by atoms with Gasteiger partial charge in [-0.15, -0.1) is 0 Å². The van der Waals surface area contributed by atoms with Crippen LogP contribution in [-0.2, 0) is 6.54 Å². The van der Waals surface area contributed by atoms with Gasteiger partial charge in [-0.2, -0.15) is 0 Å². The van der Waals surface area contributed by atoms with Crippen molar-refractivity contribution >= 4 is 0 Å². The first kappa shape index (κ1) is 9.80. The van der Waals surface area contributed by atoms with E-state index < -0.39 is 0 Å². The standard InChI is InChI=1S/C12H13N3/c1-9-2-4-10(5-3-9)11-6-7-14-12(8-13)15-11/h2-7H,8,13H2,1H3. The third-order valence-electron chi connectivity index (χ3n) is 2.24. The maximum absolute atomic E-state index is 5.50. The van der Waals surface area contributed by atoms with Gasteiger partial charge in [-0.1, -0.05) is 29.8 Å². The number of nitrogens with zero attached hydrogens (tertiary/aromatic N) is 2. The molecule has 2 rings (SSSR count). The highest BCUT2D eigenvalue weighted by atomic mass is 14.9. The van der Waals surface area contributed by atoms with E-state index >= 15 is 0 Å². The summed E-state index contributed by atoms with van der Waals surface area (Å²) >= 11 is 0. The van der Waals surface area contributed by atoms with E-state index in [0.717, 1.165) is 11.3 Å². The maximum Gasteiger partial charge on any atom is 0.142 e. The summed E-state index contributed by atoms with van der Waals surface area (Å²) in [5.74, 6) is 0.674. The minimum atomic E-state index is 0.375. The fourth-order valence-electron chi connectivity index (χ4n) is 1.38. The number of aromatic nitrogens is 2. The first-order chi connectivity index (χ1) is 7.29. The van der Waals surface area contributed by atoms with Gasteiger partial charge in [0, 0.05) is 11.8 Å². The molecule has 2 N–H and O–H groups in total. The van der Waals surface area contributed by atoms with Gasteiger partial charge in [0.05, 0.1) is 12.2 Å². The molecule has 0 aliphatic carbocycles. The lowest BCUT2D eigenvalue weighted by Crippen LogP contribution is -2.02. The lowest BCUT2D eigenvalue weighted by Gasteiger charge is -2.02. The highest BCUT2D eigenvalue weighted by molar-refractivity contribution is 5.58. The van der Waals surface area contributed by atoms with Gasteiger partial charge in [-0.05, 0) is 13.0 Å². The van der Waals surface area contributed by atoms with Crippen LogP contribution in [0.3, 0.4) is 0 Å². The molecule has 0 fully saturated rings. The molecule has 0 spiro atoms. The second kappa shape index (κ2) is 4.19. The van der Waals surface area contributed by atoms with Crippen molar-refractivity contribution in [3.8, 4) is 11.3 Å². The summed E-state index contributed by atoms with van der Waals surface area (Å²) < 4.78 is 0. The number of nitrogens with two attached hydrogens (primary N) is 1. The molecule has 0 radical (unpaired) electrons. The van der Waals surface area contributed by atoms with E-state index in [9.17, 15) is 0 Å². The Morgan fingerprint density at radius 3 is 2.53 bits per heavy atom. The highest BCUT2D eigenvalue weighted by Crippen LogP contribution is 2.16. The SMILES string of the molecule is Cc1ccc(-c2ccnc(CN)n2)cc1. The number of rotatable bonds is 2. The van der Waals surface area contributed by atoms with Crippen LogP contribution in [0, 0.1) is 6.92 Å². The van der Waals surface area contributed by atoms with Crippen molar-refractivity contribution in [2.24, 2.45) is 5.73 Å². The Kier molecular flexibility index (Phi) is 2.74. The summed E-state index contributed by atoms with van der Waals surface area (Å²) in [4.78, 5) is 8.42. The molecule has 76 valence electrons. The van der Waals surface area contributed by atoms with E-state index in [-0.39, 0.29) is 0 Å². The third kappa shape index (κ3) is 2.19. The van der Waals surface area contributed by atoms with Crippen LogP contribution in [0.4, 0.5) is 0 Å². The van der Waals surface area contributed by atoms with Crippen LogP contribution in [0.2, 0.25) is 0 Å². The number of hydrogen-bond acceptors (Lipinski definition) is 3. The van der Waals surface area contributed by atoms with E-state index in [1.54, 1.807) is 6.20 Å². The van der Waals surface area contributed by atoms with Crippen LogP contribution in [0.25, 0.3) is 11.3 Å². The Balaban J connectivity index is 2.40. The Bertz CT molecular complexity index is 449. The second-order valence-corrected chi connectivity index (χ2v) is 3.43. The van der Waals surface area contributed by atoms with Crippen molar-refractivity contribution in [3.63, 3.8) is 0 Å². The first-order valence-corrected chi connectivity index (χ1v) is 4.88. The summed E-state index contributed by atoms with van der Waals surface area (Å²) in [6.07, 6.45) is 1.74. The van der Waals surface area contributed by atoms with Crippen molar-refractivity contribution in [3.05, 3.63) is 47.9 Å². The van der Waals surface area contributed by atoms with E-state index in [2.05, 4.69) is 41.2 Å². The predicted molar refractivity (Wildman–Crippen MR) is 60.1 cm³/mol. The second-order valence-electron chi connectivity index (χ2n) is 3.43. The van der Waals surface area contributed by atoms with Crippen LogP contribution in [0.5, 0.6) is 0 Å². The largest absolute Gasteiger partial charge is 0.324 e. The summed E-state index contributed by atoms with van der Waals surface area (Å²) in [7, 11) is 0. The smallest absolute Gasteiger partial charge is 0.142 e. The average molecular weight is 199 g/mol. The van der Waals surface area contributed by atoms with Gasteiger partial charge in [0.2, 0.25) is 0 Å². The van der Waals surface area contributed by atoms with Crippen LogP contribution in [-0.4, -0.2) is 9.97 Å². The summed E-state index contributed by atoms with van der Waals surface area (Å²) in [5.41, 5.74) is 8.76. The third-order valence-corrected chi connectivity index (χ3v) is 2.24. The summed E-state index contributed by atoms with van der Waals surface area (Å²) in [5, 5.41) is 0. The molecule has 2 aromatic rings. The topological polar surface area (TPSA) is 51.8 Å². The molecule has 0 saturated heterocycles. The van der Waals surface area contributed by atoms with Gasteiger partial charge in [0.1, 0.15) is 5.82 Å². The number of aryl methyl sites for hydroxylation is 1. The Morgan fingerprint density at radius 1 is 1.13 bits per heavy atom. The zero-order valence-corrected chi connectivity index (χ0v) is 8.64. The molecule has 0 aliphatic heterocycles. The monoisotopic (exact) mass is 199 g/mol. The first-order valence-electron chi connectivity index (χ1n) is 4.88.